The van der Waals surface area contributed by atoms with E-state index in [-0.39, 0.29) is 0 Å². The summed E-state index contributed by atoms with van der Waals surface area (Å²) in [6.45, 7) is 0. The van der Waals surface area contributed by atoms with Crippen molar-refractivity contribution < 1.29 is 0 Å². The number of benzene rings is 2. The first-order valence-corrected chi connectivity index (χ1v) is 6.02. The van der Waals surface area contributed by atoms with Gasteiger partial charge in [0.05, 0.1) is 0 Å². The molecule has 2 rings (SSSR count). The number of rotatable bonds is 2. The largest absolute Gasteiger partial charge is 0.398 e. The van der Waals surface area contributed by atoms with E-state index in [1.807, 2.05) is 18.2 Å². The van der Waals surface area contributed by atoms with E-state index >= 15 is 0 Å². The fourth-order valence-electron chi connectivity index (χ4n) is 1.55. The van der Waals surface area contributed by atoms with Gasteiger partial charge >= 0.3 is 0 Å². The number of para-hydroxylation sites is 1. The van der Waals surface area contributed by atoms with E-state index in [0.29, 0.717) is 0 Å². The molecule has 1 nitrogen and oxygen atoms in total. The lowest BCUT2D eigenvalue weighted by molar-refractivity contribution is 1.46. The highest BCUT2D eigenvalue weighted by Gasteiger charge is 2.01. The molecule has 0 aliphatic rings. The van der Waals surface area contributed by atoms with E-state index in [0.717, 1.165) is 11.3 Å². The van der Waals surface area contributed by atoms with Gasteiger partial charge in [0.15, 0.2) is 0 Å². The molecule has 0 unspecified atom stereocenters. The summed E-state index contributed by atoms with van der Waals surface area (Å²) < 4.78 is 0. The standard InChI is InChI=1S/C13H13NS/c1-15-11-6-4-5-10(9-11)12-7-2-3-8-13(12)14/h2-9H,14H2,1H3. The molecule has 0 atom stereocenters. The van der Waals surface area contributed by atoms with Crippen LogP contribution in [0.15, 0.2) is 53.4 Å². The first kappa shape index (κ1) is 10.1. The first-order chi connectivity index (χ1) is 7.31. The highest BCUT2D eigenvalue weighted by Crippen LogP contribution is 2.28. The molecule has 0 aromatic heterocycles. The monoisotopic (exact) mass is 215 g/mol. The summed E-state index contributed by atoms with van der Waals surface area (Å²) in [4.78, 5) is 1.26. The fourth-order valence-corrected chi connectivity index (χ4v) is 2.01. The summed E-state index contributed by atoms with van der Waals surface area (Å²) in [7, 11) is 0. The van der Waals surface area contributed by atoms with Crippen LogP contribution in [0.3, 0.4) is 0 Å². The lowest BCUT2D eigenvalue weighted by atomic mass is 10.0. The second-order valence-electron chi connectivity index (χ2n) is 3.32. The number of nitrogens with two attached hydrogens (primary N) is 1. The van der Waals surface area contributed by atoms with Crippen molar-refractivity contribution in [1.82, 2.24) is 0 Å². The molecule has 0 bridgehead atoms. The van der Waals surface area contributed by atoms with Crippen molar-refractivity contribution in [3.63, 3.8) is 0 Å². The SMILES string of the molecule is CSc1cccc(-c2ccccc2N)c1. The van der Waals surface area contributed by atoms with Crippen LogP contribution in [0.5, 0.6) is 0 Å². The molecule has 2 aromatic rings. The molecule has 2 N–H and O–H groups in total. The average molecular weight is 215 g/mol. The Kier molecular flexibility index (Phi) is 2.97. The van der Waals surface area contributed by atoms with Gasteiger partial charge in [0.25, 0.3) is 0 Å². The van der Waals surface area contributed by atoms with Gasteiger partial charge in [0.1, 0.15) is 0 Å². The molecule has 0 aliphatic carbocycles. The number of anilines is 1. The number of hydrogen-bond donors (Lipinski definition) is 1. The molecule has 0 amide bonds. The third-order valence-electron chi connectivity index (χ3n) is 2.34. The van der Waals surface area contributed by atoms with E-state index in [9.17, 15) is 0 Å². The van der Waals surface area contributed by atoms with E-state index in [2.05, 4.69) is 36.6 Å². The van der Waals surface area contributed by atoms with Crippen LogP contribution in [-0.4, -0.2) is 6.26 Å². The summed E-state index contributed by atoms with van der Waals surface area (Å²) in [6, 6.07) is 16.4. The van der Waals surface area contributed by atoms with Gasteiger partial charge in [-0.2, -0.15) is 0 Å². The number of thioether (sulfide) groups is 1. The second kappa shape index (κ2) is 4.41. The van der Waals surface area contributed by atoms with Crippen molar-refractivity contribution in [2.75, 3.05) is 12.0 Å². The summed E-state index contributed by atoms with van der Waals surface area (Å²) in [5.41, 5.74) is 9.05. The molecular formula is C13H13NS. The average Bonchev–Trinajstić information content (AvgIpc) is 2.30. The van der Waals surface area contributed by atoms with Crippen molar-refractivity contribution in [2.24, 2.45) is 0 Å². The quantitative estimate of drug-likeness (QED) is 0.611. The van der Waals surface area contributed by atoms with Crippen LogP contribution in [0.2, 0.25) is 0 Å². The maximum Gasteiger partial charge on any atom is 0.0393 e. The van der Waals surface area contributed by atoms with Crippen LogP contribution >= 0.6 is 11.8 Å². The molecule has 2 heteroatoms. The molecule has 0 fully saturated rings. The molecular weight excluding hydrogens is 202 g/mol. The van der Waals surface area contributed by atoms with Crippen molar-refractivity contribution >= 4 is 17.4 Å². The van der Waals surface area contributed by atoms with Gasteiger partial charge in [-0.3, -0.25) is 0 Å². The first-order valence-electron chi connectivity index (χ1n) is 4.80. The summed E-state index contributed by atoms with van der Waals surface area (Å²) in [6.07, 6.45) is 2.08. The topological polar surface area (TPSA) is 26.0 Å². The Morgan fingerprint density at radius 1 is 1.00 bits per heavy atom. The highest BCUT2D eigenvalue weighted by atomic mass is 32.2. The van der Waals surface area contributed by atoms with Crippen molar-refractivity contribution in [2.45, 2.75) is 4.90 Å². The van der Waals surface area contributed by atoms with Crippen LogP contribution in [0.4, 0.5) is 5.69 Å². The molecule has 15 heavy (non-hydrogen) atoms. The third kappa shape index (κ3) is 2.16. The Morgan fingerprint density at radius 2 is 1.80 bits per heavy atom. The Bertz CT molecular complexity index is 466. The molecule has 0 saturated carbocycles. The van der Waals surface area contributed by atoms with Gasteiger partial charge in [-0.15, -0.1) is 11.8 Å². The van der Waals surface area contributed by atoms with E-state index in [1.165, 1.54) is 10.5 Å². The fraction of sp³-hybridized carbons (Fsp3) is 0.0769. The molecule has 0 radical (unpaired) electrons. The minimum atomic E-state index is 0.829. The molecule has 0 aliphatic heterocycles. The summed E-state index contributed by atoms with van der Waals surface area (Å²) >= 11 is 1.74. The zero-order valence-electron chi connectivity index (χ0n) is 8.60. The van der Waals surface area contributed by atoms with Gasteiger partial charge in [-0.25, -0.2) is 0 Å². The predicted octanol–water partition coefficient (Wildman–Crippen LogP) is 3.66. The molecule has 0 heterocycles. The second-order valence-corrected chi connectivity index (χ2v) is 4.20. The molecule has 0 saturated heterocycles. The van der Waals surface area contributed by atoms with E-state index in [4.69, 9.17) is 5.73 Å². The van der Waals surface area contributed by atoms with Crippen LogP contribution in [-0.2, 0) is 0 Å². The smallest absolute Gasteiger partial charge is 0.0393 e. The molecule has 76 valence electrons. The Labute approximate surface area is 94.3 Å². The summed E-state index contributed by atoms with van der Waals surface area (Å²) in [5.74, 6) is 0. The van der Waals surface area contributed by atoms with Crippen molar-refractivity contribution in [3.05, 3.63) is 48.5 Å². The molecule has 2 aromatic carbocycles. The minimum absolute atomic E-state index is 0.829. The van der Waals surface area contributed by atoms with Gasteiger partial charge in [-0.1, -0.05) is 30.3 Å². The van der Waals surface area contributed by atoms with Crippen LogP contribution in [0.25, 0.3) is 11.1 Å². The number of hydrogen-bond acceptors (Lipinski definition) is 2. The van der Waals surface area contributed by atoms with Crippen molar-refractivity contribution in [3.8, 4) is 11.1 Å². The highest BCUT2D eigenvalue weighted by molar-refractivity contribution is 7.98. The van der Waals surface area contributed by atoms with Gasteiger partial charge in [0, 0.05) is 16.1 Å². The number of nitrogen functional groups attached to an aromatic ring is 1. The normalized spacial score (nSPS) is 10.2. The Hall–Kier alpha value is -1.41. The van der Waals surface area contributed by atoms with Crippen LogP contribution < -0.4 is 5.73 Å². The van der Waals surface area contributed by atoms with Crippen LogP contribution in [0, 0.1) is 0 Å². The maximum absolute atomic E-state index is 5.94. The maximum atomic E-state index is 5.94. The zero-order chi connectivity index (χ0) is 10.7. The summed E-state index contributed by atoms with van der Waals surface area (Å²) in [5, 5.41) is 0. The Morgan fingerprint density at radius 3 is 2.53 bits per heavy atom. The Balaban J connectivity index is 2.49. The predicted molar refractivity (Wildman–Crippen MR) is 68.1 cm³/mol. The van der Waals surface area contributed by atoms with E-state index < -0.39 is 0 Å². The third-order valence-corrected chi connectivity index (χ3v) is 3.07. The lowest BCUT2D eigenvalue weighted by Crippen LogP contribution is -1.88. The molecule has 0 spiro atoms. The van der Waals surface area contributed by atoms with Gasteiger partial charge in [0.2, 0.25) is 0 Å². The zero-order valence-corrected chi connectivity index (χ0v) is 9.42. The lowest BCUT2D eigenvalue weighted by Gasteiger charge is -2.06. The van der Waals surface area contributed by atoms with Gasteiger partial charge < -0.3 is 5.73 Å². The van der Waals surface area contributed by atoms with Gasteiger partial charge in [-0.05, 0) is 30.0 Å². The van der Waals surface area contributed by atoms with Crippen LogP contribution in [0.1, 0.15) is 0 Å². The van der Waals surface area contributed by atoms with Crippen molar-refractivity contribution in [1.29, 1.82) is 0 Å². The minimum Gasteiger partial charge on any atom is -0.398 e. The van der Waals surface area contributed by atoms with E-state index in [1.54, 1.807) is 11.8 Å².